The van der Waals surface area contributed by atoms with Crippen LogP contribution in [0.3, 0.4) is 0 Å². The fourth-order valence-electron chi connectivity index (χ4n) is 2.32. The van der Waals surface area contributed by atoms with Gasteiger partial charge in [-0.25, -0.2) is 0 Å². The summed E-state index contributed by atoms with van der Waals surface area (Å²) in [5.41, 5.74) is 4.29. The number of pyridine rings is 2. The number of nitrogens with zero attached hydrogens (tertiary/aromatic N) is 4. The van der Waals surface area contributed by atoms with Crippen molar-refractivity contribution in [3.05, 3.63) is 53.7 Å². The van der Waals surface area contributed by atoms with Crippen LogP contribution in [0.1, 0.15) is 17.0 Å². The van der Waals surface area contributed by atoms with Gasteiger partial charge in [-0.3, -0.25) is 20.0 Å². The Morgan fingerprint density at radius 3 is 2.85 bits per heavy atom. The van der Waals surface area contributed by atoms with Gasteiger partial charge in [0.05, 0.1) is 23.1 Å². The molecule has 0 aliphatic heterocycles. The van der Waals surface area contributed by atoms with Gasteiger partial charge in [-0.05, 0) is 31.7 Å². The van der Waals surface area contributed by atoms with Crippen molar-refractivity contribution in [2.75, 3.05) is 7.05 Å². The van der Waals surface area contributed by atoms with E-state index in [0.717, 1.165) is 40.9 Å². The van der Waals surface area contributed by atoms with Crippen LogP contribution in [0.15, 0.2) is 36.8 Å². The van der Waals surface area contributed by atoms with Gasteiger partial charge in [-0.2, -0.15) is 5.10 Å². The molecular formula is C15H17N5. The molecule has 0 saturated carbocycles. The Hall–Kier alpha value is -2.27. The van der Waals surface area contributed by atoms with E-state index in [1.807, 2.05) is 43.7 Å². The van der Waals surface area contributed by atoms with E-state index >= 15 is 0 Å². The lowest BCUT2D eigenvalue weighted by atomic mass is 10.2. The van der Waals surface area contributed by atoms with Gasteiger partial charge in [-0.15, -0.1) is 0 Å². The first-order valence-electron chi connectivity index (χ1n) is 6.60. The van der Waals surface area contributed by atoms with Gasteiger partial charge in [-0.1, -0.05) is 6.07 Å². The molecular weight excluding hydrogens is 250 g/mol. The van der Waals surface area contributed by atoms with E-state index in [1.54, 1.807) is 0 Å². The van der Waals surface area contributed by atoms with E-state index < -0.39 is 0 Å². The Balaban J connectivity index is 1.79. The molecule has 1 N–H and O–H groups in total. The van der Waals surface area contributed by atoms with E-state index in [4.69, 9.17) is 0 Å². The zero-order valence-electron chi connectivity index (χ0n) is 11.7. The number of hydrogen-bond donors (Lipinski definition) is 1. The lowest BCUT2D eigenvalue weighted by Crippen LogP contribution is -2.18. The first kappa shape index (κ1) is 12.7. The summed E-state index contributed by atoms with van der Waals surface area (Å²) in [4.78, 5) is 11.1. The van der Waals surface area contributed by atoms with E-state index in [1.165, 1.54) is 0 Å². The molecule has 3 aromatic rings. The Labute approximate surface area is 117 Å². The average molecular weight is 267 g/mol. The largest absolute Gasteiger partial charge is 0.295 e. The van der Waals surface area contributed by atoms with Crippen molar-refractivity contribution >= 4 is 10.9 Å². The van der Waals surface area contributed by atoms with Crippen LogP contribution in [-0.2, 0) is 13.1 Å². The first-order valence-corrected chi connectivity index (χ1v) is 6.60. The third-order valence-electron chi connectivity index (χ3n) is 3.34. The van der Waals surface area contributed by atoms with Gasteiger partial charge in [0.25, 0.3) is 0 Å². The van der Waals surface area contributed by atoms with Crippen LogP contribution < -0.4 is 0 Å². The number of fused-ring (bicyclic) bond motifs is 1. The predicted molar refractivity (Wildman–Crippen MR) is 78.0 cm³/mol. The van der Waals surface area contributed by atoms with Gasteiger partial charge in [0.2, 0.25) is 0 Å². The average Bonchev–Trinajstić information content (AvgIpc) is 2.93. The fraction of sp³-hybridized carbons (Fsp3) is 0.267. The quantitative estimate of drug-likeness (QED) is 0.788. The minimum Gasteiger partial charge on any atom is -0.295 e. The van der Waals surface area contributed by atoms with Crippen molar-refractivity contribution in [3.63, 3.8) is 0 Å². The van der Waals surface area contributed by atoms with Crippen LogP contribution >= 0.6 is 0 Å². The summed E-state index contributed by atoms with van der Waals surface area (Å²) >= 11 is 0. The molecule has 20 heavy (non-hydrogen) atoms. The number of nitrogens with one attached hydrogen (secondary N) is 1. The normalized spacial score (nSPS) is 11.3. The van der Waals surface area contributed by atoms with Crippen LogP contribution in [0.4, 0.5) is 0 Å². The summed E-state index contributed by atoms with van der Waals surface area (Å²) in [6.45, 7) is 3.61. The molecule has 0 aromatic carbocycles. The van der Waals surface area contributed by atoms with Crippen molar-refractivity contribution in [1.29, 1.82) is 0 Å². The monoisotopic (exact) mass is 267 g/mol. The van der Waals surface area contributed by atoms with Crippen molar-refractivity contribution in [2.24, 2.45) is 0 Å². The number of hydrogen-bond acceptors (Lipinski definition) is 4. The molecule has 3 heterocycles. The maximum atomic E-state index is 4.54. The van der Waals surface area contributed by atoms with Crippen molar-refractivity contribution in [1.82, 2.24) is 25.1 Å². The smallest absolute Gasteiger partial charge is 0.0713 e. The molecule has 3 aromatic heterocycles. The minimum atomic E-state index is 0.771. The molecule has 5 heteroatoms. The maximum Gasteiger partial charge on any atom is 0.0713 e. The summed E-state index contributed by atoms with van der Waals surface area (Å²) in [7, 11) is 2.07. The number of rotatable bonds is 4. The molecule has 0 radical (unpaired) electrons. The molecule has 0 amide bonds. The SMILES string of the molecule is Cc1cnc(CN(C)Cc2ccccn2)c2cn[nH]c12. The summed E-state index contributed by atoms with van der Waals surface area (Å²) < 4.78 is 0. The minimum absolute atomic E-state index is 0.771. The highest BCUT2D eigenvalue weighted by Gasteiger charge is 2.10. The van der Waals surface area contributed by atoms with Crippen molar-refractivity contribution < 1.29 is 0 Å². The second-order valence-corrected chi connectivity index (χ2v) is 5.04. The number of aryl methyl sites for hydroxylation is 1. The van der Waals surface area contributed by atoms with E-state index in [9.17, 15) is 0 Å². The highest BCUT2D eigenvalue weighted by atomic mass is 15.1. The van der Waals surface area contributed by atoms with Crippen molar-refractivity contribution in [3.8, 4) is 0 Å². The van der Waals surface area contributed by atoms with Crippen LogP contribution in [0.2, 0.25) is 0 Å². The third-order valence-corrected chi connectivity index (χ3v) is 3.34. The summed E-state index contributed by atoms with van der Waals surface area (Å²) in [5.74, 6) is 0. The fourth-order valence-corrected chi connectivity index (χ4v) is 2.32. The summed E-state index contributed by atoms with van der Waals surface area (Å²) in [6.07, 6.45) is 5.56. The number of H-pyrrole nitrogens is 1. The Bertz CT molecular complexity index is 705. The molecule has 0 spiro atoms. The highest BCUT2D eigenvalue weighted by molar-refractivity contribution is 5.82. The molecule has 0 bridgehead atoms. The van der Waals surface area contributed by atoms with Crippen LogP contribution in [0.5, 0.6) is 0 Å². The first-order chi connectivity index (χ1) is 9.74. The number of aromatic amines is 1. The molecule has 0 atom stereocenters. The molecule has 0 aliphatic carbocycles. The van der Waals surface area contributed by atoms with Crippen molar-refractivity contribution in [2.45, 2.75) is 20.0 Å². The lowest BCUT2D eigenvalue weighted by molar-refractivity contribution is 0.312. The molecule has 0 saturated heterocycles. The van der Waals surface area contributed by atoms with Crippen LogP contribution in [-0.4, -0.2) is 32.1 Å². The molecule has 3 rings (SSSR count). The van der Waals surface area contributed by atoms with E-state index in [2.05, 4.69) is 32.1 Å². The van der Waals surface area contributed by atoms with Gasteiger partial charge >= 0.3 is 0 Å². The second kappa shape index (κ2) is 5.38. The third kappa shape index (κ3) is 2.53. The van der Waals surface area contributed by atoms with Gasteiger partial charge in [0, 0.05) is 30.9 Å². The standard InChI is InChI=1S/C15H17N5/c1-11-7-17-14(13-8-18-19-15(11)13)10-20(2)9-12-5-3-4-6-16-12/h3-8H,9-10H2,1-2H3,(H,18,19). The molecule has 102 valence electrons. The molecule has 0 unspecified atom stereocenters. The lowest BCUT2D eigenvalue weighted by Gasteiger charge is -2.16. The van der Waals surface area contributed by atoms with Gasteiger partial charge in [0.15, 0.2) is 0 Å². The molecule has 0 aliphatic rings. The summed E-state index contributed by atoms with van der Waals surface area (Å²) in [6, 6.07) is 5.97. The predicted octanol–water partition coefficient (Wildman–Crippen LogP) is 2.29. The molecule has 0 fully saturated rings. The van der Waals surface area contributed by atoms with Gasteiger partial charge < -0.3 is 0 Å². The zero-order chi connectivity index (χ0) is 13.9. The molecule has 5 nitrogen and oxygen atoms in total. The maximum absolute atomic E-state index is 4.54. The Morgan fingerprint density at radius 1 is 1.15 bits per heavy atom. The Kier molecular flexibility index (Phi) is 3.43. The van der Waals surface area contributed by atoms with Gasteiger partial charge in [0.1, 0.15) is 0 Å². The topological polar surface area (TPSA) is 57.7 Å². The number of aromatic nitrogens is 4. The van der Waals surface area contributed by atoms with E-state index in [0.29, 0.717) is 0 Å². The second-order valence-electron chi connectivity index (χ2n) is 5.04. The zero-order valence-corrected chi connectivity index (χ0v) is 11.7. The highest BCUT2D eigenvalue weighted by Crippen LogP contribution is 2.19. The Morgan fingerprint density at radius 2 is 2.05 bits per heavy atom. The van der Waals surface area contributed by atoms with E-state index in [-0.39, 0.29) is 0 Å². The van der Waals surface area contributed by atoms with Crippen LogP contribution in [0.25, 0.3) is 10.9 Å². The summed E-state index contributed by atoms with van der Waals surface area (Å²) in [5, 5.41) is 8.24. The van der Waals surface area contributed by atoms with Crippen LogP contribution in [0, 0.1) is 6.92 Å².